The average Bonchev–Trinajstić information content (AvgIpc) is 2.37. The maximum Gasteiger partial charge on any atom is 0.209 e. The van der Waals surface area contributed by atoms with E-state index >= 15 is 0 Å². The molecule has 106 valence electrons. The molecule has 1 aromatic rings. The van der Waals surface area contributed by atoms with Gasteiger partial charge < -0.3 is 17.2 Å². The van der Waals surface area contributed by atoms with E-state index in [-0.39, 0.29) is 24.3 Å². The maximum absolute atomic E-state index is 5.54. The van der Waals surface area contributed by atoms with Crippen molar-refractivity contribution in [3.8, 4) is 0 Å². The molecule has 0 aromatic heterocycles. The largest absolute Gasteiger partial charge is 0.369 e. The first-order chi connectivity index (χ1) is 8.68. The van der Waals surface area contributed by atoms with Gasteiger partial charge in [-0.25, -0.2) is 5.43 Å². The number of nitrogens with zero attached hydrogens (tertiary/aromatic N) is 2. The van der Waals surface area contributed by atoms with Gasteiger partial charge in [0.05, 0.1) is 0 Å². The van der Waals surface area contributed by atoms with Gasteiger partial charge in [-0.15, -0.1) is 17.5 Å². The molecule has 0 aliphatic heterocycles. The molecule has 19 heavy (non-hydrogen) atoms. The lowest BCUT2D eigenvalue weighted by atomic mass is 10.1. The van der Waals surface area contributed by atoms with Crippen molar-refractivity contribution in [3.63, 3.8) is 0 Å². The predicted octanol–water partition coefficient (Wildman–Crippen LogP) is 0.524. The summed E-state index contributed by atoms with van der Waals surface area (Å²) in [5.74, 6) is 0.153. The Balaban J connectivity index is 0.00000324. The van der Waals surface area contributed by atoms with Crippen LogP contribution in [0.3, 0.4) is 0 Å². The number of guanidine groups is 2. The molecule has 0 radical (unpaired) electrons. The monoisotopic (exact) mass is 284 g/mol. The van der Waals surface area contributed by atoms with Crippen LogP contribution in [0.4, 0.5) is 0 Å². The summed E-state index contributed by atoms with van der Waals surface area (Å²) in [5, 5.41) is 3.54. The van der Waals surface area contributed by atoms with Crippen LogP contribution in [0.1, 0.15) is 18.4 Å². The lowest BCUT2D eigenvalue weighted by Gasteiger charge is -2.01. The number of benzene rings is 1. The molecule has 0 saturated heterocycles. The number of nitrogens with two attached hydrogens (primary N) is 3. The van der Waals surface area contributed by atoms with Gasteiger partial charge in [-0.1, -0.05) is 30.3 Å². The Hall–Kier alpha value is -1.95. The number of unbranched alkanes of at least 4 members (excludes halogenated alkanes) is 1. The SMILES string of the molecule is Cl.NC(N)=NNC(N)=NCCCCc1ccccc1. The third-order valence-corrected chi connectivity index (χ3v) is 2.30. The quantitative estimate of drug-likeness (QED) is 0.264. The van der Waals surface area contributed by atoms with Gasteiger partial charge in [0, 0.05) is 6.54 Å². The Morgan fingerprint density at radius 3 is 2.37 bits per heavy atom. The van der Waals surface area contributed by atoms with Crippen molar-refractivity contribution < 1.29 is 0 Å². The Morgan fingerprint density at radius 1 is 1.05 bits per heavy atom. The van der Waals surface area contributed by atoms with Crippen molar-refractivity contribution in [2.45, 2.75) is 19.3 Å². The van der Waals surface area contributed by atoms with Gasteiger partial charge in [0.25, 0.3) is 0 Å². The number of aryl methyl sites for hydroxylation is 1. The molecule has 0 heterocycles. The van der Waals surface area contributed by atoms with Crippen molar-refractivity contribution in [1.29, 1.82) is 0 Å². The van der Waals surface area contributed by atoms with E-state index in [4.69, 9.17) is 17.2 Å². The molecule has 0 spiro atoms. The number of nitrogens with one attached hydrogen (secondary N) is 1. The van der Waals surface area contributed by atoms with Crippen molar-refractivity contribution in [3.05, 3.63) is 35.9 Å². The highest BCUT2D eigenvalue weighted by Gasteiger charge is 1.93. The molecule has 7 heteroatoms. The van der Waals surface area contributed by atoms with Gasteiger partial charge in [0.2, 0.25) is 11.9 Å². The Kier molecular flexibility index (Phi) is 8.99. The minimum atomic E-state index is -0.0720. The Bertz CT molecular complexity index is 400. The second-order valence-electron chi connectivity index (χ2n) is 3.86. The van der Waals surface area contributed by atoms with Gasteiger partial charge in [-0.3, -0.25) is 4.99 Å². The van der Waals surface area contributed by atoms with Crippen LogP contribution in [0.5, 0.6) is 0 Å². The van der Waals surface area contributed by atoms with Crippen LogP contribution in [0, 0.1) is 0 Å². The number of hydrazone groups is 1. The van der Waals surface area contributed by atoms with Gasteiger partial charge in [-0.05, 0) is 24.8 Å². The predicted molar refractivity (Wildman–Crippen MR) is 82.1 cm³/mol. The fourth-order valence-electron chi connectivity index (χ4n) is 1.44. The third-order valence-electron chi connectivity index (χ3n) is 2.30. The van der Waals surface area contributed by atoms with Gasteiger partial charge in [0.1, 0.15) is 0 Å². The molecule has 1 aromatic carbocycles. The summed E-state index contributed by atoms with van der Waals surface area (Å²) in [4.78, 5) is 4.09. The summed E-state index contributed by atoms with van der Waals surface area (Å²) >= 11 is 0. The maximum atomic E-state index is 5.54. The molecule has 0 atom stereocenters. The zero-order chi connectivity index (χ0) is 13.2. The second kappa shape index (κ2) is 10.0. The summed E-state index contributed by atoms with van der Waals surface area (Å²) in [6.07, 6.45) is 3.10. The molecule has 0 amide bonds. The van der Waals surface area contributed by atoms with E-state index in [9.17, 15) is 0 Å². The molecule has 0 unspecified atom stereocenters. The minimum absolute atomic E-state index is 0. The average molecular weight is 285 g/mol. The smallest absolute Gasteiger partial charge is 0.209 e. The fourth-order valence-corrected chi connectivity index (χ4v) is 1.44. The number of aliphatic imine (C=N–C) groups is 1. The number of rotatable bonds is 6. The van der Waals surface area contributed by atoms with Crippen LogP contribution >= 0.6 is 12.4 Å². The van der Waals surface area contributed by atoms with Crippen molar-refractivity contribution in [1.82, 2.24) is 5.43 Å². The minimum Gasteiger partial charge on any atom is -0.369 e. The van der Waals surface area contributed by atoms with Crippen LogP contribution in [-0.2, 0) is 6.42 Å². The van der Waals surface area contributed by atoms with E-state index in [0.717, 1.165) is 19.3 Å². The van der Waals surface area contributed by atoms with Crippen molar-refractivity contribution >= 4 is 24.3 Å². The van der Waals surface area contributed by atoms with Crippen LogP contribution in [-0.4, -0.2) is 18.5 Å². The molecule has 0 aliphatic carbocycles. The van der Waals surface area contributed by atoms with E-state index < -0.39 is 0 Å². The Morgan fingerprint density at radius 2 is 1.74 bits per heavy atom. The number of halogens is 1. The molecular weight excluding hydrogens is 264 g/mol. The first-order valence-corrected chi connectivity index (χ1v) is 5.87. The standard InChI is InChI=1S/C12H20N6.ClH/c13-11(14)17-18-12(15)16-9-5-4-8-10-6-2-1-3-7-10;/h1-3,6-7H,4-5,8-9H2,(H4,13,14,17)(H3,15,16,18);1H. The van der Waals surface area contributed by atoms with Gasteiger partial charge in [-0.2, -0.15) is 0 Å². The zero-order valence-electron chi connectivity index (χ0n) is 10.7. The summed E-state index contributed by atoms with van der Waals surface area (Å²) in [6, 6.07) is 10.4. The molecular formula is C12H21ClN6. The van der Waals surface area contributed by atoms with Crippen LogP contribution in [0.2, 0.25) is 0 Å². The highest BCUT2D eigenvalue weighted by molar-refractivity contribution is 5.85. The highest BCUT2D eigenvalue weighted by atomic mass is 35.5. The fraction of sp³-hybridized carbons (Fsp3) is 0.333. The first-order valence-electron chi connectivity index (χ1n) is 5.87. The van der Waals surface area contributed by atoms with Gasteiger partial charge >= 0.3 is 0 Å². The van der Waals surface area contributed by atoms with Crippen LogP contribution in [0.15, 0.2) is 40.4 Å². The van der Waals surface area contributed by atoms with Gasteiger partial charge in [0.15, 0.2) is 0 Å². The topological polar surface area (TPSA) is 115 Å². The summed E-state index contributed by atoms with van der Waals surface area (Å²) in [5.41, 5.74) is 19.6. The van der Waals surface area contributed by atoms with Crippen molar-refractivity contribution in [2.24, 2.45) is 27.3 Å². The first kappa shape index (κ1) is 17.1. The Labute approximate surface area is 119 Å². The van der Waals surface area contributed by atoms with Crippen LogP contribution < -0.4 is 22.6 Å². The lowest BCUT2D eigenvalue weighted by molar-refractivity contribution is 0.741. The van der Waals surface area contributed by atoms with E-state index in [1.807, 2.05) is 18.2 Å². The molecule has 6 nitrogen and oxygen atoms in total. The zero-order valence-corrected chi connectivity index (χ0v) is 11.6. The number of hydrogen-bond donors (Lipinski definition) is 4. The molecule has 0 fully saturated rings. The molecule has 1 rings (SSSR count). The molecule has 0 aliphatic rings. The molecule has 0 bridgehead atoms. The second-order valence-corrected chi connectivity index (χ2v) is 3.86. The highest BCUT2D eigenvalue weighted by Crippen LogP contribution is 2.04. The van der Waals surface area contributed by atoms with E-state index in [0.29, 0.717) is 6.54 Å². The van der Waals surface area contributed by atoms with Crippen LogP contribution in [0.25, 0.3) is 0 Å². The molecule has 0 saturated carbocycles. The summed E-state index contributed by atoms with van der Waals surface area (Å²) in [6.45, 7) is 0.658. The summed E-state index contributed by atoms with van der Waals surface area (Å²) < 4.78 is 0. The third kappa shape index (κ3) is 8.73. The normalized spacial score (nSPS) is 10.4. The van der Waals surface area contributed by atoms with Crippen molar-refractivity contribution in [2.75, 3.05) is 6.54 Å². The number of hydrogen-bond acceptors (Lipinski definition) is 2. The lowest BCUT2D eigenvalue weighted by Crippen LogP contribution is -2.33. The molecule has 7 N–H and O–H groups in total. The summed E-state index contributed by atoms with van der Waals surface area (Å²) in [7, 11) is 0. The van der Waals surface area contributed by atoms with E-state index in [2.05, 4.69) is 27.7 Å². The van der Waals surface area contributed by atoms with E-state index in [1.54, 1.807) is 0 Å². The van der Waals surface area contributed by atoms with E-state index in [1.165, 1.54) is 5.56 Å².